The van der Waals surface area contributed by atoms with Crippen LogP contribution >= 0.6 is 0 Å². The summed E-state index contributed by atoms with van der Waals surface area (Å²) in [7, 11) is 0. The van der Waals surface area contributed by atoms with Gasteiger partial charge in [-0.15, -0.1) is 0 Å². The molecule has 0 saturated carbocycles. The highest BCUT2D eigenvalue weighted by molar-refractivity contribution is 5.78. The molecule has 0 unspecified atom stereocenters. The Kier molecular flexibility index (Phi) is 5.00. The smallest absolute Gasteiger partial charge is 0.0149 e. The van der Waals surface area contributed by atoms with Crippen molar-refractivity contribution in [2.75, 3.05) is 0 Å². The van der Waals surface area contributed by atoms with Crippen LogP contribution in [-0.2, 0) is 0 Å². The van der Waals surface area contributed by atoms with Gasteiger partial charge in [-0.1, -0.05) is 85.5 Å². The van der Waals surface area contributed by atoms with E-state index in [9.17, 15) is 0 Å². The quantitative estimate of drug-likeness (QED) is 0.449. The minimum absolute atomic E-state index is 1.21. The lowest BCUT2D eigenvalue weighted by Crippen LogP contribution is -1.89. The zero-order valence-corrected chi connectivity index (χ0v) is 15.2. The van der Waals surface area contributed by atoms with Crippen molar-refractivity contribution in [3.05, 3.63) is 101 Å². The lowest BCUT2D eigenvalue weighted by molar-refractivity contribution is 1.36. The van der Waals surface area contributed by atoms with Crippen LogP contribution in [0.1, 0.15) is 33.4 Å². The van der Waals surface area contributed by atoms with Gasteiger partial charge < -0.3 is 0 Å². The van der Waals surface area contributed by atoms with Crippen LogP contribution in [0.3, 0.4) is 0 Å². The largest absolute Gasteiger partial charge is 0.0985 e. The summed E-state index contributed by atoms with van der Waals surface area (Å²) in [6.45, 7) is 10.4. The molecule has 3 aromatic rings. The van der Waals surface area contributed by atoms with Gasteiger partial charge in [0.2, 0.25) is 0 Å². The summed E-state index contributed by atoms with van der Waals surface area (Å²) in [6, 6.07) is 21.5. The fraction of sp³-hybridized carbons (Fsp3) is 0.120. The van der Waals surface area contributed by atoms with Gasteiger partial charge in [-0.2, -0.15) is 0 Å². The monoisotopic (exact) mass is 324 g/mol. The Labute approximate surface area is 151 Å². The summed E-state index contributed by atoms with van der Waals surface area (Å²) in [5.74, 6) is 0. The van der Waals surface area contributed by atoms with Gasteiger partial charge in [0, 0.05) is 0 Å². The Bertz CT molecular complexity index is 928. The standard InChI is InChI=1S/C25H24/c1-5-21-16-19(3)24(17-18(21)2)15-14-22-12-9-13-25(20(22)4)23-10-7-6-8-11-23/h5-17H,1H2,2-4H3/b15-14+. The molecule has 0 N–H and O–H groups in total. The number of hydrogen-bond donors (Lipinski definition) is 0. The van der Waals surface area contributed by atoms with E-state index >= 15 is 0 Å². The lowest BCUT2D eigenvalue weighted by atomic mass is 9.95. The normalized spacial score (nSPS) is 11.0. The maximum atomic E-state index is 3.89. The molecule has 0 saturated heterocycles. The van der Waals surface area contributed by atoms with Crippen LogP contribution in [0.5, 0.6) is 0 Å². The average molecular weight is 324 g/mol. The molecule has 0 aliphatic rings. The lowest BCUT2D eigenvalue weighted by Gasteiger charge is -2.10. The second-order valence-electron chi connectivity index (χ2n) is 6.49. The van der Waals surface area contributed by atoms with Crippen LogP contribution in [-0.4, -0.2) is 0 Å². The second kappa shape index (κ2) is 7.36. The molecule has 0 spiro atoms. The summed E-state index contributed by atoms with van der Waals surface area (Å²) in [5, 5.41) is 0. The van der Waals surface area contributed by atoms with Gasteiger partial charge in [-0.3, -0.25) is 0 Å². The molecule has 0 heteroatoms. The first-order valence-corrected chi connectivity index (χ1v) is 8.67. The molecule has 0 heterocycles. The van der Waals surface area contributed by atoms with Crippen LogP contribution in [0.15, 0.2) is 67.2 Å². The summed E-state index contributed by atoms with van der Waals surface area (Å²) in [4.78, 5) is 0. The van der Waals surface area contributed by atoms with Crippen molar-refractivity contribution in [3.8, 4) is 11.1 Å². The molecule has 0 bridgehead atoms. The van der Waals surface area contributed by atoms with E-state index in [4.69, 9.17) is 0 Å². The molecule has 0 amide bonds. The third-order valence-corrected chi connectivity index (χ3v) is 4.78. The molecule has 3 rings (SSSR count). The minimum Gasteiger partial charge on any atom is -0.0985 e. The van der Waals surface area contributed by atoms with E-state index in [2.05, 4.69) is 100 Å². The zero-order chi connectivity index (χ0) is 17.8. The van der Waals surface area contributed by atoms with Crippen molar-refractivity contribution in [2.24, 2.45) is 0 Å². The van der Waals surface area contributed by atoms with Crippen LogP contribution in [0.2, 0.25) is 0 Å². The summed E-state index contributed by atoms with van der Waals surface area (Å²) < 4.78 is 0. The number of benzene rings is 3. The predicted molar refractivity (Wildman–Crippen MR) is 112 cm³/mol. The molecule has 0 radical (unpaired) electrons. The van der Waals surface area contributed by atoms with Gasteiger partial charge in [-0.25, -0.2) is 0 Å². The van der Waals surface area contributed by atoms with Crippen molar-refractivity contribution in [2.45, 2.75) is 20.8 Å². The minimum atomic E-state index is 1.21. The number of hydrogen-bond acceptors (Lipinski definition) is 0. The molecule has 0 nitrogen and oxygen atoms in total. The molecule has 0 aliphatic heterocycles. The van der Waals surface area contributed by atoms with Gasteiger partial charge in [0.05, 0.1) is 0 Å². The van der Waals surface area contributed by atoms with Crippen molar-refractivity contribution < 1.29 is 0 Å². The molecule has 0 atom stereocenters. The third-order valence-electron chi connectivity index (χ3n) is 4.78. The third kappa shape index (κ3) is 3.64. The van der Waals surface area contributed by atoms with E-state index in [-0.39, 0.29) is 0 Å². The first kappa shape index (κ1) is 17.0. The molecule has 0 fully saturated rings. The fourth-order valence-corrected chi connectivity index (χ4v) is 3.20. The van der Waals surface area contributed by atoms with Crippen LogP contribution in [0.25, 0.3) is 29.4 Å². The molecular formula is C25H24. The van der Waals surface area contributed by atoms with E-state index in [1.165, 1.54) is 44.5 Å². The maximum absolute atomic E-state index is 3.89. The molecule has 0 aliphatic carbocycles. The highest BCUT2D eigenvalue weighted by atomic mass is 14.1. The number of aryl methyl sites for hydroxylation is 2. The Morgan fingerprint density at radius 2 is 1.32 bits per heavy atom. The molecule has 25 heavy (non-hydrogen) atoms. The molecular weight excluding hydrogens is 300 g/mol. The first-order chi connectivity index (χ1) is 12.1. The van der Waals surface area contributed by atoms with E-state index in [1.54, 1.807) is 0 Å². The molecule has 124 valence electrons. The van der Waals surface area contributed by atoms with Gasteiger partial charge >= 0.3 is 0 Å². The first-order valence-electron chi connectivity index (χ1n) is 8.67. The van der Waals surface area contributed by atoms with Crippen LogP contribution in [0, 0.1) is 20.8 Å². The van der Waals surface area contributed by atoms with Gasteiger partial charge in [-0.05, 0) is 65.3 Å². The van der Waals surface area contributed by atoms with Crippen molar-refractivity contribution in [3.63, 3.8) is 0 Å². The maximum Gasteiger partial charge on any atom is -0.0149 e. The van der Waals surface area contributed by atoms with Gasteiger partial charge in [0.15, 0.2) is 0 Å². The Morgan fingerprint density at radius 3 is 2.04 bits per heavy atom. The van der Waals surface area contributed by atoms with E-state index < -0.39 is 0 Å². The SMILES string of the molecule is C=Cc1cc(C)c(/C=C/c2cccc(-c3ccccc3)c2C)cc1C. The van der Waals surface area contributed by atoms with Crippen LogP contribution in [0.4, 0.5) is 0 Å². The van der Waals surface area contributed by atoms with Crippen LogP contribution < -0.4 is 0 Å². The topological polar surface area (TPSA) is 0 Å². The van der Waals surface area contributed by atoms with E-state index in [0.717, 1.165) is 0 Å². The average Bonchev–Trinajstić information content (AvgIpc) is 2.63. The van der Waals surface area contributed by atoms with Gasteiger partial charge in [0.25, 0.3) is 0 Å². The summed E-state index contributed by atoms with van der Waals surface area (Å²) in [6.07, 6.45) is 6.35. The van der Waals surface area contributed by atoms with Crippen molar-refractivity contribution in [1.82, 2.24) is 0 Å². The molecule has 0 aromatic heterocycles. The Balaban J connectivity index is 1.98. The second-order valence-corrected chi connectivity index (χ2v) is 6.49. The van der Waals surface area contributed by atoms with E-state index in [1.807, 2.05) is 6.08 Å². The summed E-state index contributed by atoms with van der Waals surface area (Å²) >= 11 is 0. The van der Waals surface area contributed by atoms with Gasteiger partial charge in [0.1, 0.15) is 0 Å². The summed E-state index contributed by atoms with van der Waals surface area (Å²) in [5.41, 5.74) is 10.1. The Hall–Kier alpha value is -2.86. The van der Waals surface area contributed by atoms with E-state index in [0.29, 0.717) is 0 Å². The highest BCUT2D eigenvalue weighted by Gasteiger charge is 2.05. The number of rotatable bonds is 4. The fourth-order valence-electron chi connectivity index (χ4n) is 3.20. The Morgan fingerprint density at radius 1 is 0.680 bits per heavy atom. The van der Waals surface area contributed by atoms with Crippen molar-refractivity contribution in [1.29, 1.82) is 0 Å². The van der Waals surface area contributed by atoms with Crippen molar-refractivity contribution >= 4 is 18.2 Å². The molecule has 3 aromatic carbocycles. The highest BCUT2D eigenvalue weighted by Crippen LogP contribution is 2.27. The zero-order valence-electron chi connectivity index (χ0n) is 15.2. The predicted octanol–water partition coefficient (Wildman–Crippen LogP) is 7.09.